The number of hydrogen-bond acceptors (Lipinski definition) is 0. The van der Waals surface area contributed by atoms with E-state index >= 15 is 0 Å². The molecule has 0 spiro atoms. The van der Waals surface area contributed by atoms with Crippen LogP contribution in [-0.2, 0) is 30.8 Å². The van der Waals surface area contributed by atoms with Gasteiger partial charge in [0.05, 0.1) is 5.57 Å². The third-order valence-corrected chi connectivity index (χ3v) is 14.3. The number of rotatable bonds is 38. The molecule has 2 aromatic rings. The summed E-state index contributed by atoms with van der Waals surface area (Å²) in [4.78, 5) is 2.79. The van der Waals surface area contributed by atoms with Crippen LogP contribution in [0.3, 0.4) is 0 Å². The van der Waals surface area contributed by atoms with Crippen LogP contribution < -0.4 is 0 Å². The summed E-state index contributed by atoms with van der Waals surface area (Å²) >= 11 is 1.04. The van der Waals surface area contributed by atoms with Crippen molar-refractivity contribution in [3.63, 3.8) is 0 Å². The van der Waals surface area contributed by atoms with E-state index in [1.807, 2.05) is 0 Å². The topological polar surface area (TPSA) is 25.3 Å². The molecule has 1 aliphatic rings. The molecule has 354 valence electrons. The van der Waals surface area contributed by atoms with Gasteiger partial charge in [-0.25, -0.2) is 4.70 Å². The minimum absolute atomic E-state index is 0.949. The average molecular weight is 942 g/mol. The monoisotopic (exact) mass is 941 g/mol. The molecule has 0 saturated heterocycles. The van der Waals surface area contributed by atoms with Crippen LogP contribution in [0.15, 0.2) is 71.8 Å². The number of benzene rings is 2. The third kappa shape index (κ3) is 24.8. The maximum absolute atomic E-state index is 12.1. The summed E-state index contributed by atoms with van der Waals surface area (Å²) in [6.45, 7) is 13.6. The Hall–Kier alpha value is -2.08. The molecule has 0 N–H and O–H groups in total. The number of unbranched alkanes of at least 4 members (excludes halogenated alkanes) is 26. The maximum atomic E-state index is 12.1. The van der Waals surface area contributed by atoms with Crippen LogP contribution in [0.2, 0.25) is 9.79 Å². The zero-order chi connectivity index (χ0) is 44.7. The zero-order valence-electron chi connectivity index (χ0n) is 41.7. The van der Waals surface area contributed by atoms with E-state index in [0.29, 0.717) is 0 Å². The predicted octanol–water partition coefficient (Wildman–Crippen LogP) is 20.6. The van der Waals surface area contributed by atoms with Gasteiger partial charge in [0.1, 0.15) is 0 Å². The third-order valence-electron chi connectivity index (χ3n) is 12.7. The van der Waals surface area contributed by atoms with Crippen molar-refractivity contribution in [2.75, 3.05) is 0 Å². The van der Waals surface area contributed by atoms with Crippen LogP contribution in [0.5, 0.6) is 0 Å². The first-order chi connectivity index (χ1) is 30.6. The van der Waals surface area contributed by atoms with Gasteiger partial charge in [-0.2, -0.15) is 0 Å². The van der Waals surface area contributed by atoms with E-state index in [-0.39, 0.29) is 0 Å². The first kappa shape index (κ1) is 56.1. The summed E-state index contributed by atoms with van der Waals surface area (Å²) in [5, 5.41) is 0. The van der Waals surface area contributed by atoms with Crippen molar-refractivity contribution in [2.24, 2.45) is 0 Å². The molecule has 0 radical (unpaired) electrons. The number of hydrogen-bond donors (Lipinski definition) is 0. The summed E-state index contributed by atoms with van der Waals surface area (Å²) in [5.41, 5.74) is 21.6. The van der Waals surface area contributed by atoms with Crippen LogP contribution in [0.4, 0.5) is 0 Å². The molecule has 3 rings (SSSR count). The Morgan fingerprint density at radius 2 is 0.887 bits per heavy atom. The molecule has 0 bridgehead atoms. The van der Waals surface area contributed by atoms with Crippen molar-refractivity contribution in [2.45, 2.75) is 263 Å². The van der Waals surface area contributed by atoms with Gasteiger partial charge < -0.3 is 5.53 Å². The molecule has 0 saturated carbocycles. The molecule has 1 heterocycles. The Morgan fingerprint density at radius 3 is 1.39 bits per heavy atom. The normalized spacial score (nSPS) is 13.0. The molecule has 2 aromatic carbocycles. The Kier molecular flexibility index (Phi) is 35.5. The minimum atomic E-state index is 0.949. The standard InChI is InChI=1S/C55H88N2.2C2H5.Pd/c1-5-9-13-15-17-18-19-20-21-22-23-24-25-26-27-28-30-31-34-37-48-43-45-50(46-44-48)54-53(42-35-32-29-16-14-10-6-2)52(41-12-8-4)55(57(54)56)51-40-36-39-49(47-51)38-33-11-7-3;2*1-2;/h35-36,39-40,42-47H,5-34,37-38,41H2,1-4H3;2*1H2,2H3;. The van der Waals surface area contributed by atoms with Crippen LogP contribution in [0, 0.1) is 0 Å². The van der Waals surface area contributed by atoms with E-state index in [4.69, 9.17) is 0 Å². The predicted molar refractivity (Wildman–Crippen MR) is 274 cm³/mol. The van der Waals surface area contributed by atoms with Crippen molar-refractivity contribution in [1.29, 1.82) is 0 Å². The molecule has 1 aliphatic heterocycles. The Bertz CT molecular complexity index is 1480. The summed E-state index contributed by atoms with van der Waals surface area (Å²) in [7, 11) is 0. The van der Waals surface area contributed by atoms with Gasteiger partial charge in [0.15, 0.2) is 0 Å². The fourth-order valence-corrected chi connectivity index (χ4v) is 9.68. The summed E-state index contributed by atoms with van der Waals surface area (Å²) in [6, 6.07) is 18.2. The van der Waals surface area contributed by atoms with Crippen LogP contribution in [-0.4, -0.2) is 4.70 Å². The van der Waals surface area contributed by atoms with E-state index in [1.165, 1.54) is 205 Å². The van der Waals surface area contributed by atoms with Crippen molar-refractivity contribution < 1.29 is 22.7 Å². The van der Waals surface area contributed by atoms with Gasteiger partial charge in [-0.1, -0.05) is 225 Å². The molecule has 2 nitrogen and oxygen atoms in total. The Morgan fingerprint density at radius 1 is 0.435 bits per heavy atom. The van der Waals surface area contributed by atoms with Gasteiger partial charge in [-0.15, -0.1) is 0 Å². The summed E-state index contributed by atoms with van der Waals surface area (Å²) < 4.78 is 1.55. The second-order valence-corrected chi connectivity index (χ2v) is 21.2. The van der Waals surface area contributed by atoms with Gasteiger partial charge >= 0.3 is 41.6 Å². The van der Waals surface area contributed by atoms with Gasteiger partial charge in [0.25, 0.3) is 0 Å². The van der Waals surface area contributed by atoms with Gasteiger partial charge in [0, 0.05) is 16.7 Å². The van der Waals surface area contributed by atoms with Gasteiger partial charge in [-0.3, -0.25) is 0 Å². The molecule has 0 aliphatic carbocycles. The molecule has 62 heavy (non-hydrogen) atoms. The SMILES string of the molecule is CCCCCCCC=CC1=C(c2ccc(CCCCCCCCCCCCCCCCCCCCC)cc2)[N+](=[N-])C(c2cccc(CCCCC)c2)=C1CCCC.C[CH2][Pd][CH2]C. The van der Waals surface area contributed by atoms with Crippen molar-refractivity contribution >= 4 is 11.4 Å². The molecule has 0 atom stereocenters. The average Bonchev–Trinajstić information content (AvgIpc) is 3.56. The van der Waals surface area contributed by atoms with Gasteiger partial charge in [0.2, 0.25) is 11.4 Å². The summed E-state index contributed by atoms with van der Waals surface area (Å²) in [5.74, 6) is 0. The van der Waals surface area contributed by atoms with Crippen molar-refractivity contribution in [3.8, 4) is 0 Å². The van der Waals surface area contributed by atoms with Crippen molar-refractivity contribution in [3.05, 3.63) is 99.6 Å². The molecule has 0 unspecified atom stereocenters. The fraction of sp³-hybridized carbons (Fsp3) is 0.695. The number of allylic oxidation sites excluding steroid dienone is 4. The second kappa shape index (κ2) is 39.3. The zero-order valence-corrected chi connectivity index (χ0v) is 43.3. The van der Waals surface area contributed by atoms with E-state index < -0.39 is 0 Å². The Balaban J connectivity index is 0.00000249. The summed E-state index contributed by atoms with van der Waals surface area (Å²) in [6.07, 6.45) is 48.4. The van der Waals surface area contributed by atoms with E-state index in [1.54, 1.807) is 4.70 Å². The molecule has 0 aromatic heterocycles. The Labute approximate surface area is 394 Å². The molecule has 3 heteroatoms. The van der Waals surface area contributed by atoms with E-state index in [2.05, 4.69) is 102 Å². The quantitative estimate of drug-likeness (QED) is 0.0364. The van der Waals surface area contributed by atoms with Crippen LogP contribution in [0.25, 0.3) is 16.9 Å². The van der Waals surface area contributed by atoms with Gasteiger partial charge in [-0.05, 0) is 86.8 Å². The van der Waals surface area contributed by atoms with E-state index in [9.17, 15) is 5.53 Å². The number of aryl methyl sites for hydroxylation is 2. The molecule has 0 fully saturated rings. The molecule has 0 amide bonds. The first-order valence-corrected chi connectivity index (χ1v) is 29.0. The second-order valence-electron chi connectivity index (χ2n) is 18.2. The van der Waals surface area contributed by atoms with E-state index in [0.717, 1.165) is 79.0 Å². The molecular weight excluding hydrogens is 843 g/mol. The number of nitrogens with zero attached hydrogens (tertiary/aromatic N) is 2. The first-order valence-electron chi connectivity index (χ1n) is 26.8. The van der Waals surface area contributed by atoms with Crippen molar-refractivity contribution in [1.82, 2.24) is 0 Å². The van der Waals surface area contributed by atoms with Crippen LogP contribution in [0.1, 0.15) is 263 Å². The molecular formula is C59H98N2Pd. The van der Waals surface area contributed by atoms with Crippen LogP contribution >= 0.6 is 0 Å². The fourth-order valence-electron chi connectivity index (χ4n) is 8.90.